The summed E-state index contributed by atoms with van der Waals surface area (Å²) in [5, 5.41) is 0. The molecule has 0 bridgehead atoms. The van der Waals surface area contributed by atoms with Gasteiger partial charge in [0.15, 0.2) is 0 Å². The summed E-state index contributed by atoms with van der Waals surface area (Å²) in [5.41, 5.74) is 5.07. The van der Waals surface area contributed by atoms with Crippen molar-refractivity contribution < 1.29 is 0 Å². The second kappa shape index (κ2) is 2.75. The quantitative estimate of drug-likeness (QED) is 0.552. The van der Waals surface area contributed by atoms with Crippen molar-refractivity contribution in [2.75, 3.05) is 0 Å². The normalized spacial score (nSPS) is 33.4. The van der Waals surface area contributed by atoms with Crippen molar-refractivity contribution in [2.24, 2.45) is 5.92 Å². The first kappa shape index (κ1) is 9.21. The Morgan fingerprint density at radius 3 is 2.67 bits per heavy atom. The molecule has 1 saturated carbocycles. The summed E-state index contributed by atoms with van der Waals surface area (Å²) in [6.45, 7) is 6.94. The number of benzene rings is 1. The lowest BCUT2D eigenvalue weighted by Gasteiger charge is -2.35. The van der Waals surface area contributed by atoms with Gasteiger partial charge in [-0.2, -0.15) is 0 Å². The maximum absolute atomic E-state index is 2.37. The minimum absolute atomic E-state index is 0.253. The topological polar surface area (TPSA) is 0 Å². The van der Waals surface area contributed by atoms with Crippen LogP contribution in [0.15, 0.2) is 35.9 Å². The van der Waals surface area contributed by atoms with Gasteiger partial charge < -0.3 is 0 Å². The van der Waals surface area contributed by atoms with E-state index in [-0.39, 0.29) is 5.41 Å². The largest absolute Gasteiger partial charge is 0.0873 e. The van der Waals surface area contributed by atoms with E-state index in [0.29, 0.717) is 0 Å². The number of hydrogen-bond donors (Lipinski definition) is 0. The monoisotopic (exact) mass is 198 g/mol. The molecule has 1 aromatic rings. The molecule has 1 aromatic carbocycles. The number of fused-ring (bicyclic) bond motifs is 3. The van der Waals surface area contributed by atoms with Crippen LogP contribution in [-0.2, 0) is 5.41 Å². The smallest absolute Gasteiger partial charge is 0.0111 e. The summed E-state index contributed by atoms with van der Waals surface area (Å²) < 4.78 is 0. The molecule has 0 heterocycles. The fourth-order valence-corrected chi connectivity index (χ4v) is 3.47. The van der Waals surface area contributed by atoms with E-state index in [1.54, 1.807) is 16.7 Å². The zero-order chi connectivity index (χ0) is 10.6. The van der Waals surface area contributed by atoms with Crippen molar-refractivity contribution >= 4 is 0 Å². The lowest BCUT2D eigenvalue weighted by molar-refractivity contribution is 0.550. The predicted octanol–water partition coefficient (Wildman–Crippen LogP) is 4.03. The zero-order valence-corrected chi connectivity index (χ0v) is 9.75. The van der Waals surface area contributed by atoms with Gasteiger partial charge in [-0.05, 0) is 36.3 Å². The third kappa shape index (κ3) is 1.08. The van der Waals surface area contributed by atoms with Crippen LogP contribution in [0.2, 0.25) is 0 Å². The van der Waals surface area contributed by atoms with Crippen LogP contribution in [0.3, 0.4) is 0 Å². The van der Waals surface area contributed by atoms with Crippen molar-refractivity contribution in [3.05, 3.63) is 47.0 Å². The highest BCUT2D eigenvalue weighted by Gasteiger charge is 2.51. The standard InChI is InChI=1S/C15H18/c1-4-13-12-9-11(12)10-7-5-6-8-14(10)15(13,2)3/h4-8,11-12H,9H2,1-3H3. The number of allylic oxidation sites excluding steroid dienone is 2. The molecule has 1 fully saturated rings. The Morgan fingerprint density at radius 1 is 1.20 bits per heavy atom. The molecule has 2 atom stereocenters. The molecule has 0 radical (unpaired) electrons. The Balaban J connectivity index is 2.24. The van der Waals surface area contributed by atoms with Gasteiger partial charge in [-0.25, -0.2) is 0 Å². The van der Waals surface area contributed by atoms with Crippen molar-refractivity contribution in [2.45, 2.75) is 38.5 Å². The highest BCUT2D eigenvalue weighted by atomic mass is 14.5. The fraction of sp³-hybridized carbons (Fsp3) is 0.467. The third-order valence-corrected chi connectivity index (χ3v) is 4.26. The van der Waals surface area contributed by atoms with Crippen molar-refractivity contribution in [3.8, 4) is 0 Å². The van der Waals surface area contributed by atoms with Crippen LogP contribution in [0.5, 0.6) is 0 Å². The highest BCUT2D eigenvalue weighted by molar-refractivity contribution is 5.52. The van der Waals surface area contributed by atoms with Gasteiger partial charge in [0.2, 0.25) is 0 Å². The fourth-order valence-electron chi connectivity index (χ4n) is 3.47. The summed E-state index contributed by atoms with van der Waals surface area (Å²) in [5.74, 6) is 1.68. The first-order valence-electron chi connectivity index (χ1n) is 5.92. The van der Waals surface area contributed by atoms with Gasteiger partial charge in [-0.15, -0.1) is 0 Å². The van der Waals surface area contributed by atoms with E-state index in [4.69, 9.17) is 0 Å². The van der Waals surface area contributed by atoms with Crippen LogP contribution in [0.1, 0.15) is 44.2 Å². The van der Waals surface area contributed by atoms with Crippen LogP contribution in [0.4, 0.5) is 0 Å². The van der Waals surface area contributed by atoms with E-state index in [0.717, 1.165) is 11.8 Å². The van der Waals surface area contributed by atoms with E-state index < -0.39 is 0 Å². The Morgan fingerprint density at radius 2 is 1.93 bits per heavy atom. The van der Waals surface area contributed by atoms with Gasteiger partial charge in [0.1, 0.15) is 0 Å². The molecule has 3 rings (SSSR count). The minimum atomic E-state index is 0.253. The SMILES string of the molecule is CC=C1C2CC2c2ccccc2C1(C)C. The summed E-state index contributed by atoms with van der Waals surface area (Å²) in [6, 6.07) is 9.00. The predicted molar refractivity (Wildman–Crippen MR) is 64.1 cm³/mol. The average Bonchev–Trinajstić information content (AvgIpc) is 2.98. The lowest BCUT2D eigenvalue weighted by Crippen LogP contribution is -2.26. The van der Waals surface area contributed by atoms with Crippen LogP contribution in [0, 0.1) is 5.92 Å². The van der Waals surface area contributed by atoms with Gasteiger partial charge in [0, 0.05) is 5.41 Å². The van der Waals surface area contributed by atoms with Gasteiger partial charge >= 0.3 is 0 Å². The maximum atomic E-state index is 2.37. The molecule has 0 saturated heterocycles. The summed E-state index contributed by atoms with van der Waals surface area (Å²) >= 11 is 0. The van der Waals surface area contributed by atoms with E-state index in [2.05, 4.69) is 51.1 Å². The molecule has 78 valence electrons. The third-order valence-electron chi connectivity index (χ3n) is 4.26. The number of rotatable bonds is 0. The van der Waals surface area contributed by atoms with Crippen molar-refractivity contribution in [3.63, 3.8) is 0 Å². The Bertz CT molecular complexity index is 437. The first-order chi connectivity index (χ1) is 7.16. The minimum Gasteiger partial charge on any atom is -0.0873 e. The number of hydrogen-bond acceptors (Lipinski definition) is 0. The molecule has 2 aliphatic carbocycles. The lowest BCUT2D eigenvalue weighted by atomic mass is 9.69. The molecule has 0 amide bonds. The van der Waals surface area contributed by atoms with E-state index >= 15 is 0 Å². The van der Waals surface area contributed by atoms with Crippen LogP contribution < -0.4 is 0 Å². The molecular formula is C15H18. The van der Waals surface area contributed by atoms with Crippen LogP contribution in [-0.4, -0.2) is 0 Å². The molecule has 0 heteroatoms. The molecule has 0 aromatic heterocycles. The summed E-state index contributed by atoms with van der Waals surface area (Å²) in [6.07, 6.45) is 3.72. The molecule has 2 aliphatic rings. The van der Waals surface area contributed by atoms with Crippen LogP contribution in [0.25, 0.3) is 0 Å². The van der Waals surface area contributed by atoms with Gasteiger partial charge in [-0.3, -0.25) is 0 Å². The van der Waals surface area contributed by atoms with Crippen LogP contribution >= 0.6 is 0 Å². The Kier molecular flexibility index (Phi) is 1.69. The van der Waals surface area contributed by atoms with Gasteiger partial charge in [0.05, 0.1) is 0 Å². The van der Waals surface area contributed by atoms with Gasteiger partial charge in [-0.1, -0.05) is 49.8 Å². The second-order valence-electron chi connectivity index (χ2n) is 5.40. The van der Waals surface area contributed by atoms with Gasteiger partial charge in [0.25, 0.3) is 0 Å². The van der Waals surface area contributed by atoms with E-state index in [1.807, 2.05) is 0 Å². The maximum Gasteiger partial charge on any atom is 0.0111 e. The van der Waals surface area contributed by atoms with Crippen molar-refractivity contribution in [1.82, 2.24) is 0 Å². The molecule has 2 unspecified atom stereocenters. The highest BCUT2D eigenvalue weighted by Crippen LogP contribution is 2.62. The molecule has 0 N–H and O–H groups in total. The molecule has 0 nitrogen and oxygen atoms in total. The Labute approximate surface area is 92.0 Å². The first-order valence-corrected chi connectivity index (χ1v) is 5.92. The van der Waals surface area contributed by atoms with E-state index in [1.165, 1.54) is 6.42 Å². The van der Waals surface area contributed by atoms with Crippen molar-refractivity contribution in [1.29, 1.82) is 0 Å². The summed E-state index contributed by atoms with van der Waals surface area (Å²) in [4.78, 5) is 0. The van der Waals surface area contributed by atoms with E-state index in [9.17, 15) is 0 Å². The molecular weight excluding hydrogens is 180 g/mol. The molecule has 0 spiro atoms. The second-order valence-corrected chi connectivity index (χ2v) is 5.40. The average molecular weight is 198 g/mol. The summed E-state index contributed by atoms with van der Waals surface area (Å²) in [7, 11) is 0. The molecule has 15 heavy (non-hydrogen) atoms. The molecule has 0 aliphatic heterocycles. The Hall–Kier alpha value is -1.04. The zero-order valence-electron chi connectivity index (χ0n) is 9.75.